The Labute approximate surface area is 113 Å². The second-order valence-electron chi connectivity index (χ2n) is 4.02. The molecule has 1 aromatic carbocycles. The molecule has 0 aromatic heterocycles. The van der Waals surface area contributed by atoms with Crippen molar-refractivity contribution in [3.05, 3.63) is 41.0 Å². The molecule has 1 aromatic rings. The Morgan fingerprint density at radius 1 is 1.21 bits per heavy atom. The summed E-state index contributed by atoms with van der Waals surface area (Å²) in [4.78, 5) is 10.6. The smallest absolute Gasteiger partial charge is 0.183 e. The van der Waals surface area contributed by atoms with Gasteiger partial charge in [0.25, 0.3) is 0 Å². The van der Waals surface area contributed by atoms with Gasteiger partial charge in [-0.25, -0.2) is 0 Å². The highest BCUT2D eigenvalue weighted by Gasteiger charge is 2.10. The third kappa shape index (κ3) is 4.85. The lowest BCUT2D eigenvalue weighted by Gasteiger charge is -2.17. The fourth-order valence-electron chi connectivity index (χ4n) is 1.60. The summed E-state index contributed by atoms with van der Waals surface area (Å²) in [7, 11) is 0. The molecule has 19 heavy (non-hydrogen) atoms. The van der Waals surface area contributed by atoms with Crippen molar-refractivity contribution in [1.82, 2.24) is 0 Å². The lowest BCUT2D eigenvalue weighted by atomic mass is 10.1. The van der Waals surface area contributed by atoms with Crippen LogP contribution < -0.4 is 5.11 Å². The van der Waals surface area contributed by atoms with E-state index >= 15 is 0 Å². The van der Waals surface area contributed by atoms with Crippen molar-refractivity contribution in [2.75, 3.05) is 13.2 Å². The van der Waals surface area contributed by atoms with E-state index < -0.39 is 5.97 Å². The van der Waals surface area contributed by atoms with Crippen LogP contribution in [0.2, 0.25) is 0 Å². The minimum atomic E-state index is -1.16. The molecule has 0 fully saturated rings. The van der Waals surface area contributed by atoms with Crippen LogP contribution >= 0.6 is 0 Å². The van der Waals surface area contributed by atoms with Crippen molar-refractivity contribution in [3.8, 4) is 0 Å². The summed E-state index contributed by atoms with van der Waals surface area (Å²) in [5.74, 6) is -1.16. The van der Waals surface area contributed by atoms with Crippen molar-refractivity contribution in [2.45, 2.75) is 27.1 Å². The lowest BCUT2D eigenvalue weighted by Crippen LogP contribution is -2.22. The quantitative estimate of drug-likeness (QED) is 0.557. The zero-order valence-corrected chi connectivity index (χ0v) is 11.5. The summed E-state index contributed by atoms with van der Waals surface area (Å²) in [5.41, 5.74) is 1.91. The van der Waals surface area contributed by atoms with Crippen LogP contribution in [0.4, 0.5) is 0 Å². The molecule has 0 radical (unpaired) electrons. The van der Waals surface area contributed by atoms with E-state index in [1.807, 2.05) is 38.1 Å². The molecule has 0 aliphatic heterocycles. The number of aliphatic carboxylic acids is 1. The number of carbonyl (C=O) groups is 1. The maximum atomic E-state index is 10.6. The van der Waals surface area contributed by atoms with Crippen LogP contribution in [0.1, 0.15) is 38.2 Å². The first-order chi connectivity index (χ1) is 9.08. The molecule has 104 valence electrons. The number of carboxylic acids is 1. The molecule has 1 rings (SSSR count). The van der Waals surface area contributed by atoms with E-state index in [2.05, 4.69) is 0 Å². The van der Waals surface area contributed by atoms with E-state index in [1.54, 1.807) is 6.08 Å². The van der Waals surface area contributed by atoms with E-state index in [0.29, 0.717) is 13.2 Å². The normalized spacial score (nSPS) is 11.9. The van der Waals surface area contributed by atoms with Gasteiger partial charge in [-0.05, 0) is 31.9 Å². The molecule has 0 amide bonds. The topological polar surface area (TPSA) is 58.6 Å². The number of hydrogen-bond acceptors (Lipinski definition) is 4. The molecular formula is C15H19O4-. The van der Waals surface area contributed by atoms with Crippen molar-refractivity contribution < 1.29 is 19.4 Å². The number of rotatable bonds is 7. The third-order valence-corrected chi connectivity index (χ3v) is 2.55. The van der Waals surface area contributed by atoms with Gasteiger partial charge in [0.05, 0.1) is 5.97 Å². The summed E-state index contributed by atoms with van der Waals surface area (Å²) in [6.07, 6.45) is 1.19. The third-order valence-electron chi connectivity index (χ3n) is 2.55. The van der Waals surface area contributed by atoms with Gasteiger partial charge in [0.2, 0.25) is 0 Å². The summed E-state index contributed by atoms with van der Waals surface area (Å²) < 4.78 is 11.0. The van der Waals surface area contributed by atoms with Gasteiger partial charge < -0.3 is 19.4 Å². The van der Waals surface area contributed by atoms with Gasteiger partial charge >= 0.3 is 0 Å². The largest absolute Gasteiger partial charge is 0.545 e. The Bertz CT molecular complexity index is 428. The molecule has 0 heterocycles. The van der Waals surface area contributed by atoms with Crippen LogP contribution in [-0.2, 0) is 14.3 Å². The minimum absolute atomic E-state index is 0.193. The van der Waals surface area contributed by atoms with Gasteiger partial charge in [-0.1, -0.05) is 30.3 Å². The predicted molar refractivity (Wildman–Crippen MR) is 71.1 cm³/mol. The van der Waals surface area contributed by atoms with E-state index in [1.165, 1.54) is 6.92 Å². The van der Waals surface area contributed by atoms with Crippen molar-refractivity contribution in [1.29, 1.82) is 0 Å². The average Bonchev–Trinajstić information content (AvgIpc) is 2.39. The molecule has 0 bridgehead atoms. The van der Waals surface area contributed by atoms with Gasteiger partial charge in [0.15, 0.2) is 6.29 Å². The van der Waals surface area contributed by atoms with Crippen LogP contribution in [0.3, 0.4) is 0 Å². The van der Waals surface area contributed by atoms with Gasteiger partial charge in [0.1, 0.15) is 0 Å². The van der Waals surface area contributed by atoms with Gasteiger partial charge in [-0.2, -0.15) is 0 Å². The zero-order chi connectivity index (χ0) is 14.3. The molecule has 0 aliphatic carbocycles. The first-order valence-electron chi connectivity index (χ1n) is 6.31. The Kier molecular flexibility index (Phi) is 6.25. The first-order valence-corrected chi connectivity index (χ1v) is 6.31. The summed E-state index contributed by atoms with van der Waals surface area (Å²) in [6.45, 7) is 6.46. The minimum Gasteiger partial charge on any atom is -0.545 e. The van der Waals surface area contributed by atoms with E-state index in [9.17, 15) is 9.90 Å². The Morgan fingerprint density at radius 3 is 2.16 bits per heavy atom. The van der Waals surface area contributed by atoms with Crippen LogP contribution in [0.15, 0.2) is 29.8 Å². The number of hydrogen-bond donors (Lipinski definition) is 0. The monoisotopic (exact) mass is 263 g/mol. The Morgan fingerprint density at radius 2 is 1.74 bits per heavy atom. The van der Waals surface area contributed by atoms with Crippen molar-refractivity contribution in [2.24, 2.45) is 0 Å². The molecule has 0 spiro atoms. The summed E-state index contributed by atoms with van der Waals surface area (Å²) in [6, 6.07) is 7.38. The highest BCUT2D eigenvalue weighted by Crippen LogP contribution is 2.20. The van der Waals surface area contributed by atoms with E-state index in [0.717, 1.165) is 11.1 Å². The number of ether oxygens (including phenoxy) is 2. The van der Waals surface area contributed by atoms with E-state index in [4.69, 9.17) is 9.47 Å². The van der Waals surface area contributed by atoms with Crippen LogP contribution in [0, 0.1) is 0 Å². The maximum absolute atomic E-state index is 10.6. The van der Waals surface area contributed by atoms with Crippen molar-refractivity contribution >= 4 is 12.0 Å². The van der Waals surface area contributed by atoms with Crippen LogP contribution in [0.25, 0.3) is 6.08 Å². The highest BCUT2D eigenvalue weighted by molar-refractivity contribution is 5.89. The highest BCUT2D eigenvalue weighted by atomic mass is 16.7. The molecule has 0 saturated heterocycles. The fraction of sp³-hybridized carbons (Fsp3) is 0.400. The molecule has 4 nitrogen and oxygen atoms in total. The van der Waals surface area contributed by atoms with Gasteiger partial charge in [-0.15, -0.1) is 0 Å². The van der Waals surface area contributed by atoms with Crippen molar-refractivity contribution in [3.63, 3.8) is 0 Å². The molecule has 0 aliphatic rings. The maximum Gasteiger partial charge on any atom is 0.183 e. The SMILES string of the molecule is CCOC(OCC)c1ccc(/C=C(\C)C(=O)[O-])cc1. The molecule has 0 saturated carbocycles. The fourth-order valence-corrected chi connectivity index (χ4v) is 1.60. The summed E-state index contributed by atoms with van der Waals surface area (Å²) in [5, 5.41) is 10.6. The number of carbonyl (C=O) groups excluding carboxylic acids is 1. The molecule has 0 atom stereocenters. The standard InChI is InChI=1S/C15H20O4/c1-4-18-15(19-5-2)13-8-6-12(7-9-13)10-11(3)14(16)17/h6-10,15H,4-5H2,1-3H3,(H,16,17)/p-1/b11-10+. The first kappa shape index (κ1) is 15.4. The van der Waals surface area contributed by atoms with Gasteiger partial charge in [-0.3, -0.25) is 0 Å². The average molecular weight is 263 g/mol. The van der Waals surface area contributed by atoms with Crippen LogP contribution in [-0.4, -0.2) is 19.2 Å². The second kappa shape index (κ2) is 7.71. The molecular weight excluding hydrogens is 244 g/mol. The Hall–Kier alpha value is -1.65. The van der Waals surface area contributed by atoms with E-state index in [-0.39, 0.29) is 11.9 Å². The lowest BCUT2D eigenvalue weighted by molar-refractivity contribution is -0.299. The zero-order valence-electron chi connectivity index (χ0n) is 11.5. The predicted octanol–water partition coefficient (Wildman–Crippen LogP) is 1.91. The number of carboxylic acid groups (broad SMARTS) is 1. The molecule has 4 heteroatoms. The number of benzene rings is 1. The molecule has 0 unspecified atom stereocenters. The Balaban J connectivity index is 2.85. The molecule has 0 N–H and O–H groups in total. The second-order valence-corrected chi connectivity index (χ2v) is 4.02. The van der Waals surface area contributed by atoms with Gasteiger partial charge in [0, 0.05) is 18.8 Å². The van der Waals surface area contributed by atoms with Crippen LogP contribution in [0.5, 0.6) is 0 Å². The summed E-state index contributed by atoms with van der Waals surface area (Å²) >= 11 is 0.